The molecule has 0 aliphatic carbocycles. The van der Waals surface area contributed by atoms with Gasteiger partial charge in [0.15, 0.2) is 0 Å². The lowest BCUT2D eigenvalue weighted by Gasteiger charge is -2.40. The van der Waals surface area contributed by atoms with Crippen molar-refractivity contribution in [1.29, 1.82) is 0 Å². The van der Waals surface area contributed by atoms with Gasteiger partial charge < -0.3 is 30.5 Å². The van der Waals surface area contributed by atoms with Crippen LogP contribution in [0.2, 0.25) is 0 Å². The number of carbonyl (C=O) groups is 2. The van der Waals surface area contributed by atoms with Crippen molar-refractivity contribution in [2.75, 3.05) is 6.61 Å². The molecule has 0 spiro atoms. The molecule has 3 aromatic rings. The Balaban J connectivity index is 1.85. The van der Waals surface area contributed by atoms with E-state index < -0.39 is 54.6 Å². The second-order valence-electron chi connectivity index (χ2n) is 7.29. The highest BCUT2D eigenvalue weighted by atomic mass is 16.5. The van der Waals surface area contributed by atoms with E-state index in [1.807, 2.05) is 0 Å². The van der Waals surface area contributed by atoms with Crippen LogP contribution in [-0.2, 0) is 14.3 Å². The van der Waals surface area contributed by atoms with Gasteiger partial charge in [-0.15, -0.1) is 0 Å². The average Bonchev–Trinajstić information content (AvgIpc) is 3.38. The number of ether oxygens (including phenoxy) is 1. The molecule has 6 N–H and O–H groups in total. The fraction of sp³-hybridized carbons (Fsp3) is 0.368. The Morgan fingerprint density at radius 1 is 1.32 bits per heavy atom. The molecule has 0 radical (unpaired) electrons. The number of nitrogens with zero attached hydrogens (tertiary/aromatic N) is 3. The Morgan fingerprint density at radius 2 is 2.10 bits per heavy atom. The number of carboxylic acid groups (broad SMARTS) is 1. The summed E-state index contributed by atoms with van der Waals surface area (Å²) in [6, 6.07) is 1.76. The Morgan fingerprint density at radius 3 is 2.77 bits per heavy atom. The number of rotatable bonds is 6. The number of nitrogens with one attached hydrogen (secondary N) is 2. The Labute approximate surface area is 174 Å². The van der Waals surface area contributed by atoms with Crippen LogP contribution in [0.3, 0.4) is 0 Å². The summed E-state index contributed by atoms with van der Waals surface area (Å²) in [5.41, 5.74) is 2.02. The van der Waals surface area contributed by atoms with E-state index >= 15 is 0 Å². The van der Waals surface area contributed by atoms with Crippen molar-refractivity contribution in [2.24, 2.45) is 0 Å². The van der Waals surface area contributed by atoms with E-state index in [9.17, 15) is 30.0 Å². The van der Waals surface area contributed by atoms with Gasteiger partial charge in [0.2, 0.25) is 11.7 Å². The lowest BCUT2D eigenvalue weighted by molar-refractivity contribution is -0.147. The lowest BCUT2D eigenvalue weighted by Crippen LogP contribution is -2.58. The van der Waals surface area contributed by atoms with Crippen LogP contribution in [0.4, 0.5) is 0 Å². The summed E-state index contributed by atoms with van der Waals surface area (Å²) in [5, 5.41) is 45.7. The van der Waals surface area contributed by atoms with Crippen LogP contribution in [0.1, 0.15) is 13.0 Å². The second-order valence-corrected chi connectivity index (χ2v) is 7.29. The molecule has 0 unspecified atom stereocenters. The molecule has 164 valence electrons. The van der Waals surface area contributed by atoms with Gasteiger partial charge in [0.05, 0.1) is 29.7 Å². The summed E-state index contributed by atoms with van der Waals surface area (Å²) >= 11 is 0. The number of aliphatic carboxylic acids is 1. The minimum atomic E-state index is -1.68. The first-order valence-electron chi connectivity index (χ1n) is 9.46. The van der Waals surface area contributed by atoms with E-state index in [0.29, 0.717) is 16.6 Å². The third-order valence-corrected chi connectivity index (χ3v) is 5.22. The van der Waals surface area contributed by atoms with Gasteiger partial charge in [-0.25, -0.2) is 14.8 Å². The summed E-state index contributed by atoms with van der Waals surface area (Å²) in [5.74, 6) is -2.31. The molecule has 12 nitrogen and oxygen atoms in total. The molecule has 1 aliphatic heterocycles. The number of aromatic amines is 1. The molecule has 1 aliphatic rings. The maximum Gasteiger partial charge on any atom is 0.370 e. The number of amides is 1. The molecular formula is C19H21N5O7. The van der Waals surface area contributed by atoms with Crippen LogP contribution < -0.4 is 5.32 Å². The molecule has 0 saturated heterocycles. The van der Waals surface area contributed by atoms with Crippen LogP contribution in [0.5, 0.6) is 0 Å². The predicted molar refractivity (Wildman–Crippen MR) is 106 cm³/mol. The zero-order valence-corrected chi connectivity index (χ0v) is 16.3. The second kappa shape index (κ2) is 7.98. The molecular weight excluding hydrogens is 410 g/mol. The molecule has 1 aromatic carbocycles. The molecule has 5 atom stereocenters. The minimum absolute atomic E-state index is 0.456. The van der Waals surface area contributed by atoms with E-state index in [0.717, 1.165) is 5.39 Å². The van der Waals surface area contributed by atoms with E-state index in [4.69, 9.17) is 4.74 Å². The van der Waals surface area contributed by atoms with Crippen LogP contribution >= 0.6 is 0 Å². The van der Waals surface area contributed by atoms with E-state index in [2.05, 4.69) is 20.4 Å². The number of H-pyrrole nitrogens is 1. The fourth-order valence-electron chi connectivity index (χ4n) is 3.78. The number of hydrogen-bond donors (Lipinski definition) is 6. The summed E-state index contributed by atoms with van der Waals surface area (Å²) in [6.07, 6.45) is -0.224. The normalized spacial score (nSPS) is 23.2. The zero-order chi connectivity index (χ0) is 22.3. The van der Waals surface area contributed by atoms with Gasteiger partial charge in [0.1, 0.15) is 30.2 Å². The Kier molecular flexibility index (Phi) is 5.35. The van der Waals surface area contributed by atoms with E-state index in [1.165, 1.54) is 19.3 Å². The minimum Gasteiger partial charge on any atom is -0.478 e. The van der Waals surface area contributed by atoms with Gasteiger partial charge in [0, 0.05) is 18.5 Å². The van der Waals surface area contributed by atoms with Crippen LogP contribution in [-0.4, -0.2) is 83.0 Å². The topological polar surface area (TPSA) is 183 Å². The number of aliphatic hydroxyl groups is 3. The molecule has 0 bridgehead atoms. The maximum absolute atomic E-state index is 11.9. The van der Waals surface area contributed by atoms with Gasteiger partial charge in [-0.2, -0.15) is 0 Å². The zero-order valence-electron chi connectivity index (χ0n) is 16.3. The third kappa shape index (κ3) is 3.71. The van der Waals surface area contributed by atoms with Crippen LogP contribution in [0.25, 0.3) is 21.9 Å². The van der Waals surface area contributed by atoms with Crippen molar-refractivity contribution in [1.82, 2.24) is 25.1 Å². The summed E-state index contributed by atoms with van der Waals surface area (Å²) in [4.78, 5) is 32.0. The number of carbonyl (C=O) groups excluding carboxylic acids is 1. The monoisotopic (exact) mass is 431 g/mol. The number of carboxylic acids is 1. The smallest absolute Gasteiger partial charge is 0.370 e. The molecule has 2 aromatic heterocycles. The van der Waals surface area contributed by atoms with E-state index in [1.54, 1.807) is 23.0 Å². The van der Waals surface area contributed by atoms with Gasteiger partial charge in [0.25, 0.3) is 0 Å². The first-order chi connectivity index (χ1) is 14.8. The lowest BCUT2D eigenvalue weighted by atomic mass is 9.92. The number of fused-ring (bicyclic) bond motifs is 3. The Bertz CT molecular complexity index is 1170. The molecule has 31 heavy (non-hydrogen) atoms. The first kappa shape index (κ1) is 20.8. The first-order valence-corrected chi connectivity index (χ1v) is 9.46. The van der Waals surface area contributed by atoms with Gasteiger partial charge >= 0.3 is 5.97 Å². The number of aliphatic hydroxyl groups excluding tert-OH is 3. The molecule has 0 saturated carbocycles. The highest BCUT2D eigenvalue weighted by Gasteiger charge is 2.44. The van der Waals surface area contributed by atoms with E-state index in [-0.39, 0.29) is 0 Å². The molecule has 1 amide bonds. The largest absolute Gasteiger partial charge is 0.478 e. The highest BCUT2D eigenvalue weighted by Crippen LogP contribution is 2.32. The van der Waals surface area contributed by atoms with Crippen molar-refractivity contribution in [3.05, 3.63) is 36.5 Å². The van der Waals surface area contributed by atoms with Crippen molar-refractivity contribution >= 4 is 33.8 Å². The molecule has 0 fully saturated rings. The van der Waals surface area contributed by atoms with Crippen molar-refractivity contribution in [3.63, 3.8) is 0 Å². The van der Waals surface area contributed by atoms with Crippen molar-refractivity contribution in [3.8, 4) is 0 Å². The predicted octanol–water partition coefficient (Wildman–Crippen LogP) is -0.960. The highest BCUT2D eigenvalue weighted by molar-refractivity contribution is 6.02. The van der Waals surface area contributed by atoms with Gasteiger partial charge in [-0.3, -0.25) is 14.6 Å². The van der Waals surface area contributed by atoms with Gasteiger partial charge in [-0.05, 0) is 18.2 Å². The standard InChI is InChI=1S/C19H21N5O7/c1-8(26)22-16-12(4-14(19(29)30)31-18(16)17(28)13(27)6-25)24-5-9-10(23-24)2-3-11-15(9)21-7-20-11/h2-5,7,12-13,16-18,23,25,27-28H,6H2,1H3,(H,22,26)(H,29,30)/t12-,13+,16+,17+,18+/m0/s1. The average molecular weight is 431 g/mol. The SMILES string of the molecule is CC(=O)N[C@H]1[C@H]([C@H](O)[C@H](O)CO)OC(C(=O)O)=C[C@@H]1n1cc2c(ccc3ncnc32)[nH]1. The Hall–Kier alpha value is -3.48. The van der Waals surface area contributed by atoms with Crippen LogP contribution in [0, 0.1) is 0 Å². The third-order valence-electron chi connectivity index (χ3n) is 5.22. The fourth-order valence-corrected chi connectivity index (χ4v) is 3.78. The summed E-state index contributed by atoms with van der Waals surface area (Å²) in [7, 11) is 0. The molecule has 12 heteroatoms. The van der Waals surface area contributed by atoms with Crippen molar-refractivity contribution < 1.29 is 34.8 Å². The maximum atomic E-state index is 11.9. The molecule has 3 heterocycles. The summed E-state index contributed by atoms with van der Waals surface area (Å²) < 4.78 is 6.97. The van der Waals surface area contributed by atoms with Gasteiger partial charge in [-0.1, -0.05) is 0 Å². The number of hydrogen-bond acceptors (Lipinski definition) is 8. The van der Waals surface area contributed by atoms with Crippen LogP contribution in [0.15, 0.2) is 36.5 Å². The quantitative estimate of drug-likeness (QED) is 0.286. The number of aromatic nitrogens is 4. The number of imidazole rings is 1. The number of benzene rings is 1. The van der Waals surface area contributed by atoms with Crippen molar-refractivity contribution in [2.45, 2.75) is 37.3 Å². The summed E-state index contributed by atoms with van der Waals surface area (Å²) in [6.45, 7) is 0.482. The molecule has 4 rings (SSSR count).